The largest absolute Gasteiger partial charge is 0.491 e. The molecule has 1 atom stereocenters. The number of nitrogens with zero attached hydrogens (tertiary/aromatic N) is 4. The second kappa shape index (κ2) is 9.45. The molecule has 2 heterocycles. The fourth-order valence-electron chi connectivity index (χ4n) is 3.22. The number of hydrogen-bond acceptors (Lipinski definition) is 5. The van der Waals surface area contributed by atoms with Gasteiger partial charge in [0.05, 0.1) is 17.8 Å². The predicted octanol–water partition coefficient (Wildman–Crippen LogP) is 4.14. The number of fused-ring (bicyclic) bond motifs is 1. The Balaban J connectivity index is 1.50. The van der Waals surface area contributed by atoms with E-state index in [4.69, 9.17) is 16.3 Å². The third kappa shape index (κ3) is 5.58. The fourth-order valence-corrected chi connectivity index (χ4v) is 3.32. The molecule has 0 spiro atoms. The number of nitrogens with one attached hydrogen (secondary N) is 1. The number of benzene rings is 2. The first-order chi connectivity index (χ1) is 15.8. The zero-order valence-electron chi connectivity index (χ0n) is 17.0. The van der Waals surface area contributed by atoms with Gasteiger partial charge in [-0.05, 0) is 42.3 Å². The maximum absolute atomic E-state index is 12.8. The van der Waals surface area contributed by atoms with E-state index in [1.165, 1.54) is 0 Å². The maximum Gasteiger partial charge on any atom is 0.471 e. The van der Waals surface area contributed by atoms with Crippen LogP contribution in [0.5, 0.6) is 5.75 Å². The van der Waals surface area contributed by atoms with Crippen molar-refractivity contribution in [3.63, 3.8) is 0 Å². The van der Waals surface area contributed by atoms with E-state index >= 15 is 0 Å². The molecule has 0 aliphatic heterocycles. The van der Waals surface area contributed by atoms with Gasteiger partial charge >= 0.3 is 12.1 Å². The summed E-state index contributed by atoms with van der Waals surface area (Å²) in [5, 5.41) is 15.1. The molecule has 7 nitrogen and oxygen atoms in total. The standard InChI is InChI=1S/C22H17ClF3N5O2/c23-19-8-9-20(30-29-19)31-18-7-6-17(11-15(18)12-27-31)33-13-16(28-21(32)22(24,25)26)10-14-4-2-1-3-5-14/h1-9,11-12,16H,10,13H2,(H,28,32). The van der Waals surface area contributed by atoms with Gasteiger partial charge in [0, 0.05) is 5.39 Å². The van der Waals surface area contributed by atoms with Gasteiger partial charge in [-0.3, -0.25) is 4.79 Å². The molecule has 1 unspecified atom stereocenters. The van der Waals surface area contributed by atoms with E-state index in [1.807, 2.05) is 5.32 Å². The summed E-state index contributed by atoms with van der Waals surface area (Å²) in [6, 6.07) is 16.4. The van der Waals surface area contributed by atoms with Gasteiger partial charge in [0.15, 0.2) is 11.0 Å². The highest BCUT2D eigenvalue weighted by Crippen LogP contribution is 2.23. The van der Waals surface area contributed by atoms with Gasteiger partial charge in [-0.15, -0.1) is 10.2 Å². The molecule has 1 N–H and O–H groups in total. The van der Waals surface area contributed by atoms with Crippen molar-refractivity contribution in [1.29, 1.82) is 0 Å². The molecule has 0 radical (unpaired) electrons. The molecule has 0 saturated heterocycles. The second-order valence-corrected chi connectivity index (χ2v) is 7.55. The van der Waals surface area contributed by atoms with Crippen LogP contribution in [0.2, 0.25) is 5.15 Å². The van der Waals surface area contributed by atoms with Crippen molar-refractivity contribution in [3.8, 4) is 11.6 Å². The summed E-state index contributed by atoms with van der Waals surface area (Å²) in [7, 11) is 0. The van der Waals surface area contributed by atoms with Crippen LogP contribution in [0.1, 0.15) is 5.56 Å². The topological polar surface area (TPSA) is 81.9 Å². The molecule has 170 valence electrons. The summed E-state index contributed by atoms with van der Waals surface area (Å²) in [5.74, 6) is -1.11. The quantitative estimate of drug-likeness (QED) is 0.434. The molecule has 11 heteroatoms. The minimum absolute atomic E-state index is 0.154. The Labute approximate surface area is 191 Å². The third-order valence-electron chi connectivity index (χ3n) is 4.74. The number of ether oxygens (including phenoxy) is 1. The molecule has 2 aromatic heterocycles. The Bertz CT molecular complexity index is 1250. The van der Waals surface area contributed by atoms with Crippen molar-refractivity contribution >= 4 is 28.4 Å². The molecular formula is C22H17ClF3N5O2. The van der Waals surface area contributed by atoms with Crippen molar-refractivity contribution in [2.24, 2.45) is 0 Å². The van der Waals surface area contributed by atoms with Crippen molar-refractivity contribution in [1.82, 2.24) is 25.3 Å². The molecule has 1 amide bonds. The fraction of sp³-hybridized carbons (Fsp3) is 0.182. The summed E-state index contributed by atoms with van der Waals surface area (Å²) in [6.45, 7) is -0.154. The molecule has 0 aliphatic carbocycles. The summed E-state index contributed by atoms with van der Waals surface area (Å²) in [5.41, 5.74) is 1.50. The van der Waals surface area contributed by atoms with Crippen LogP contribution >= 0.6 is 11.6 Å². The highest BCUT2D eigenvalue weighted by atomic mass is 35.5. The second-order valence-electron chi connectivity index (χ2n) is 7.16. The van der Waals surface area contributed by atoms with Crippen LogP contribution in [0, 0.1) is 0 Å². The van der Waals surface area contributed by atoms with Crippen molar-refractivity contribution in [3.05, 3.63) is 77.6 Å². The summed E-state index contributed by atoms with van der Waals surface area (Å²) < 4.78 is 45.6. The van der Waals surface area contributed by atoms with E-state index < -0.39 is 18.1 Å². The van der Waals surface area contributed by atoms with Gasteiger partial charge in [0.2, 0.25) is 0 Å². The van der Waals surface area contributed by atoms with Crippen LogP contribution in [-0.2, 0) is 11.2 Å². The zero-order chi connectivity index (χ0) is 23.4. The monoisotopic (exact) mass is 475 g/mol. The highest BCUT2D eigenvalue weighted by Gasteiger charge is 2.39. The number of rotatable bonds is 7. The smallest absolute Gasteiger partial charge is 0.471 e. The van der Waals surface area contributed by atoms with Crippen molar-refractivity contribution in [2.75, 3.05) is 6.61 Å². The van der Waals surface area contributed by atoms with Gasteiger partial charge in [-0.2, -0.15) is 18.3 Å². The van der Waals surface area contributed by atoms with E-state index in [0.717, 1.165) is 16.5 Å². The minimum atomic E-state index is -4.98. The minimum Gasteiger partial charge on any atom is -0.491 e. The van der Waals surface area contributed by atoms with Gasteiger partial charge in [0.1, 0.15) is 12.4 Å². The van der Waals surface area contributed by atoms with Gasteiger partial charge < -0.3 is 10.1 Å². The molecule has 4 rings (SSSR count). The van der Waals surface area contributed by atoms with Crippen LogP contribution in [0.3, 0.4) is 0 Å². The average Bonchev–Trinajstić information content (AvgIpc) is 3.21. The number of alkyl halides is 3. The number of carbonyl (C=O) groups excluding carboxylic acids is 1. The lowest BCUT2D eigenvalue weighted by Crippen LogP contribution is -2.46. The number of amides is 1. The average molecular weight is 476 g/mol. The SMILES string of the molecule is O=C(NC(COc1ccc2c(cnn2-c2ccc(Cl)nn2)c1)Cc1ccccc1)C(F)(F)F. The predicted molar refractivity (Wildman–Crippen MR) is 115 cm³/mol. The molecule has 0 saturated carbocycles. The van der Waals surface area contributed by atoms with Crippen LogP contribution < -0.4 is 10.1 Å². The molecular weight excluding hydrogens is 459 g/mol. The first kappa shape index (κ1) is 22.5. The Hall–Kier alpha value is -3.66. The molecule has 2 aromatic carbocycles. The van der Waals surface area contributed by atoms with E-state index in [0.29, 0.717) is 11.6 Å². The summed E-state index contributed by atoms with van der Waals surface area (Å²) >= 11 is 5.77. The van der Waals surface area contributed by atoms with Gasteiger partial charge in [-0.1, -0.05) is 41.9 Å². The number of carbonyl (C=O) groups is 1. The normalized spacial score (nSPS) is 12.5. The molecule has 0 fully saturated rings. The number of hydrogen-bond donors (Lipinski definition) is 1. The van der Waals surface area contributed by atoms with Crippen LogP contribution in [0.25, 0.3) is 16.7 Å². The first-order valence-corrected chi connectivity index (χ1v) is 10.2. The Morgan fingerprint density at radius 1 is 1.09 bits per heavy atom. The van der Waals surface area contributed by atoms with E-state index in [-0.39, 0.29) is 18.2 Å². The van der Waals surface area contributed by atoms with E-state index in [9.17, 15) is 18.0 Å². The highest BCUT2D eigenvalue weighted by molar-refractivity contribution is 6.29. The Morgan fingerprint density at radius 3 is 2.58 bits per heavy atom. The molecule has 4 aromatic rings. The summed E-state index contributed by atoms with van der Waals surface area (Å²) in [6.07, 6.45) is -3.20. The van der Waals surface area contributed by atoms with Crippen molar-refractivity contribution < 1.29 is 22.7 Å². The zero-order valence-corrected chi connectivity index (χ0v) is 17.7. The molecule has 33 heavy (non-hydrogen) atoms. The molecule has 0 bridgehead atoms. The Kier molecular flexibility index (Phi) is 6.45. The third-order valence-corrected chi connectivity index (χ3v) is 4.94. The lowest BCUT2D eigenvalue weighted by molar-refractivity contribution is -0.174. The van der Waals surface area contributed by atoms with Gasteiger partial charge in [-0.25, -0.2) is 4.68 Å². The lowest BCUT2D eigenvalue weighted by atomic mass is 10.1. The maximum atomic E-state index is 12.8. The number of aromatic nitrogens is 4. The van der Waals surface area contributed by atoms with E-state index in [2.05, 4.69) is 15.3 Å². The Morgan fingerprint density at radius 2 is 1.88 bits per heavy atom. The number of halogens is 4. The summed E-state index contributed by atoms with van der Waals surface area (Å²) in [4.78, 5) is 11.5. The molecule has 0 aliphatic rings. The van der Waals surface area contributed by atoms with Crippen LogP contribution in [0.15, 0.2) is 66.9 Å². The van der Waals surface area contributed by atoms with Crippen LogP contribution in [-0.4, -0.2) is 44.7 Å². The lowest BCUT2D eigenvalue weighted by Gasteiger charge is -2.20. The van der Waals surface area contributed by atoms with Gasteiger partial charge in [0.25, 0.3) is 0 Å². The first-order valence-electron chi connectivity index (χ1n) is 9.81. The van der Waals surface area contributed by atoms with E-state index in [1.54, 1.807) is 71.5 Å². The van der Waals surface area contributed by atoms with Crippen LogP contribution in [0.4, 0.5) is 13.2 Å². The van der Waals surface area contributed by atoms with Crippen molar-refractivity contribution in [2.45, 2.75) is 18.6 Å².